The predicted molar refractivity (Wildman–Crippen MR) is 106 cm³/mol. The third kappa shape index (κ3) is 3.01. The van der Waals surface area contributed by atoms with E-state index in [9.17, 15) is 9.59 Å². The Morgan fingerprint density at radius 1 is 1.22 bits per heavy atom. The normalized spacial score (nSPS) is 41.6. The number of hydrogen-bond acceptors (Lipinski definition) is 3. The van der Waals surface area contributed by atoms with E-state index in [0.29, 0.717) is 30.0 Å². The zero-order valence-electron chi connectivity index (χ0n) is 16.7. The average Bonchev–Trinajstić information content (AvgIpc) is 2.97. The van der Waals surface area contributed by atoms with Gasteiger partial charge in [0, 0.05) is 13.3 Å². The summed E-state index contributed by atoms with van der Waals surface area (Å²) in [5.74, 6) is 2.06. The summed E-state index contributed by atoms with van der Waals surface area (Å²) in [5, 5.41) is -0.220. The highest BCUT2D eigenvalue weighted by Gasteiger charge is 2.57. The minimum atomic E-state index is -0.268. The molecule has 2 fully saturated rings. The van der Waals surface area contributed by atoms with Crippen molar-refractivity contribution in [1.82, 2.24) is 0 Å². The molecule has 0 aliphatic heterocycles. The van der Waals surface area contributed by atoms with Gasteiger partial charge in [-0.15, -0.1) is 11.6 Å². The Balaban J connectivity index is 1.56. The highest BCUT2D eigenvalue weighted by atomic mass is 35.5. The monoisotopic (exact) mass is 390 g/mol. The van der Waals surface area contributed by atoms with Gasteiger partial charge in [0.1, 0.15) is 6.61 Å². The Labute approximate surface area is 167 Å². The van der Waals surface area contributed by atoms with Crippen LogP contribution in [0.2, 0.25) is 0 Å². The van der Waals surface area contributed by atoms with Crippen molar-refractivity contribution in [2.45, 2.75) is 71.1 Å². The van der Waals surface area contributed by atoms with Gasteiger partial charge in [0.15, 0.2) is 5.78 Å². The van der Waals surface area contributed by atoms with Gasteiger partial charge in [0.05, 0.1) is 5.38 Å². The Morgan fingerprint density at radius 3 is 2.74 bits per heavy atom. The van der Waals surface area contributed by atoms with E-state index in [0.717, 1.165) is 25.7 Å². The molecule has 0 saturated heterocycles. The van der Waals surface area contributed by atoms with Crippen molar-refractivity contribution < 1.29 is 14.3 Å². The number of fused-ring (bicyclic) bond motifs is 5. The topological polar surface area (TPSA) is 43.4 Å². The molecule has 0 heterocycles. The van der Waals surface area contributed by atoms with Gasteiger partial charge in [-0.2, -0.15) is 0 Å². The van der Waals surface area contributed by atoms with Gasteiger partial charge in [-0.05, 0) is 78.8 Å². The lowest BCUT2D eigenvalue weighted by Gasteiger charge is -2.58. The second-order valence-electron chi connectivity index (χ2n) is 9.59. The highest BCUT2D eigenvalue weighted by molar-refractivity contribution is 6.22. The molecule has 148 valence electrons. The molecule has 0 amide bonds. The van der Waals surface area contributed by atoms with E-state index in [-0.39, 0.29) is 28.8 Å². The van der Waals surface area contributed by atoms with E-state index < -0.39 is 0 Å². The summed E-state index contributed by atoms with van der Waals surface area (Å²) in [5.41, 5.74) is 3.04. The molecule has 0 spiro atoms. The molecule has 1 unspecified atom stereocenters. The molecule has 0 aromatic heterocycles. The summed E-state index contributed by atoms with van der Waals surface area (Å²) >= 11 is 6.68. The molecule has 0 aromatic rings. The van der Waals surface area contributed by atoms with E-state index >= 15 is 0 Å². The maximum atomic E-state index is 11.9. The first-order chi connectivity index (χ1) is 12.8. The number of carbonyl (C=O) groups excluding carboxylic acids is 2. The van der Waals surface area contributed by atoms with Gasteiger partial charge in [-0.1, -0.05) is 25.5 Å². The van der Waals surface area contributed by atoms with E-state index in [1.165, 1.54) is 30.9 Å². The minimum Gasteiger partial charge on any atom is -0.464 e. The summed E-state index contributed by atoms with van der Waals surface area (Å²) in [6.45, 7) is 6.50. The number of hydrogen-bond donors (Lipinski definition) is 0. The van der Waals surface area contributed by atoms with Crippen molar-refractivity contribution in [2.24, 2.45) is 28.6 Å². The fourth-order valence-electron chi connectivity index (χ4n) is 6.93. The lowest BCUT2D eigenvalue weighted by atomic mass is 9.47. The van der Waals surface area contributed by atoms with Crippen LogP contribution in [0, 0.1) is 28.6 Å². The summed E-state index contributed by atoms with van der Waals surface area (Å²) in [4.78, 5) is 23.1. The van der Waals surface area contributed by atoms with Gasteiger partial charge in [0.2, 0.25) is 0 Å². The first kappa shape index (κ1) is 19.2. The predicted octanol–water partition coefficient (Wildman–Crippen LogP) is 5.23. The molecule has 0 bridgehead atoms. The van der Waals surface area contributed by atoms with Crippen LogP contribution in [0.15, 0.2) is 23.3 Å². The zero-order valence-corrected chi connectivity index (χ0v) is 17.5. The van der Waals surface area contributed by atoms with Gasteiger partial charge >= 0.3 is 5.97 Å². The van der Waals surface area contributed by atoms with E-state index in [4.69, 9.17) is 16.3 Å². The molecule has 4 aliphatic carbocycles. The van der Waals surface area contributed by atoms with Crippen LogP contribution in [0.3, 0.4) is 0 Å². The molecule has 4 heteroatoms. The Bertz CT molecular complexity index is 723. The second-order valence-corrected chi connectivity index (χ2v) is 10.1. The van der Waals surface area contributed by atoms with Gasteiger partial charge < -0.3 is 4.74 Å². The highest BCUT2D eigenvalue weighted by Crippen LogP contribution is 2.65. The summed E-state index contributed by atoms with van der Waals surface area (Å²) < 4.78 is 5.19. The first-order valence-electron chi connectivity index (χ1n) is 10.5. The quantitative estimate of drug-likeness (QED) is 0.376. The van der Waals surface area contributed by atoms with Crippen LogP contribution in [-0.4, -0.2) is 23.7 Å². The number of halogens is 1. The molecular weight excluding hydrogens is 360 g/mol. The maximum absolute atomic E-state index is 11.9. The molecule has 0 radical (unpaired) electrons. The zero-order chi connectivity index (χ0) is 19.4. The molecule has 0 N–H and O–H groups in total. The van der Waals surface area contributed by atoms with Crippen LogP contribution >= 0.6 is 11.6 Å². The van der Waals surface area contributed by atoms with Crippen molar-refractivity contribution in [2.75, 3.05) is 6.61 Å². The SMILES string of the molecule is CC(=O)OCC(Cl)C1=CC[C@H]2[C@@H]3CCC4=CC(=O)CC[C@]4(C)[C@H]3CC[C@]12C. The fraction of sp³-hybridized carbons (Fsp3) is 0.739. The smallest absolute Gasteiger partial charge is 0.302 e. The lowest BCUT2D eigenvalue weighted by Crippen LogP contribution is -2.50. The second kappa shape index (κ2) is 6.76. The number of carbonyl (C=O) groups is 2. The Kier molecular flexibility index (Phi) is 4.81. The number of allylic oxidation sites excluding steroid dienone is 3. The molecule has 4 aliphatic rings. The number of esters is 1. The maximum Gasteiger partial charge on any atom is 0.302 e. The van der Waals surface area contributed by atoms with E-state index in [1.54, 1.807) is 0 Å². The fourth-order valence-corrected chi connectivity index (χ4v) is 7.33. The molecule has 0 aromatic carbocycles. The largest absolute Gasteiger partial charge is 0.464 e. The third-order valence-electron chi connectivity index (χ3n) is 8.37. The standard InChI is InChI=1S/C23H31ClO3/c1-14(25)27-13-21(24)20-7-6-18-17-5-4-15-12-16(26)8-10-22(15,2)19(17)9-11-23(18,20)3/h7,12,17-19,21H,4-6,8-11,13H2,1-3H3/t17-,18-,19-,21?,22-,23-/m0/s1. The van der Waals surface area contributed by atoms with Crippen LogP contribution in [0.4, 0.5) is 0 Å². The van der Waals surface area contributed by atoms with Crippen molar-refractivity contribution >= 4 is 23.4 Å². The van der Waals surface area contributed by atoms with Gasteiger partial charge in [0.25, 0.3) is 0 Å². The number of rotatable bonds is 3. The van der Waals surface area contributed by atoms with Crippen LogP contribution in [0.1, 0.15) is 65.7 Å². The minimum absolute atomic E-state index is 0.121. The summed E-state index contributed by atoms with van der Waals surface area (Å²) in [6.07, 6.45) is 11.7. The van der Waals surface area contributed by atoms with Gasteiger partial charge in [-0.25, -0.2) is 0 Å². The van der Waals surface area contributed by atoms with Gasteiger partial charge in [-0.3, -0.25) is 9.59 Å². The van der Waals surface area contributed by atoms with E-state index in [2.05, 4.69) is 19.9 Å². The molecular formula is C23H31ClO3. The van der Waals surface area contributed by atoms with Crippen molar-refractivity contribution in [3.63, 3.8) is 0 Å². The Morgan fingerprint density at radius 2 is 2.00 bits per heavy atom. The molecule has 27 heavy (non-hydrogen) atoms. The van der Waals surface area contributed by atoms with Crippen molar-refractivity contribution in [3.8, 4) is 0 Å². The molecule has 4 rings (SSSR count). The van der Waals surface area contributed by atoms with Crippen LogP contribution < -0.4 is 0 Å². The Hall–Kier alpha value is -1.09. The van der Waals surface area contributed by atoms with Crippen LogP contribution in [-0.2, 0) is 14.3 Å². The molecule has 3 nitrogen and oxygen atoms in total. The van der Waals surface area contributed by atoms with Crippen molar-refractivity contribution in [1.29, 1.82) is 0 Å². The number of ether oxygens (including phenoxy) is 1. The molecule has 6 atom stereocenters. The number of ketones is 1. The lowest BCUT2D eigenvalue weighted by molar-refractivity contribution is -0.140. The summed E-state index contributed by atoms with van der Waals surface area (Å²) in [6, 6.07) is 0. The van der Waals surface area contributed by atoms with Crippen molar-refractivity contribution in [3.05, 3.63) is 23.3 Å². The van der Waals surface area contributed by atoms with E-state index in [1.807, 2.05) is 6.08 Å². The third-order valence-corrected chi connectivity index (χ3v) is 8.73. The molecule has 2 saturated carbocycles. The van der Waals surface area contributed by atoms with Crippen LogP contribution in [0.25, 0.3) is 0 Å². The number of alkyl halides is 1. The first-order valence-corrected chi connectivity index (χ1v) is 10.9. The van der Waals surface area contributed by atoms with Crippen LogP contribution in [0.5, 0.6) is 0 Å². The average molecular weight is 391 g/mol. The summed E-state index contributed by atoms with van der Waals surface area (Å²) in [7, 11) is 0.